The Kier molecular flexibility index (Phi) is 5.16. The lowest BCUT2D eigenvalue weighted by Gasteiger charge is -2.14. The average molecular weight is 320 g/mol. The number of thiophene rings is 1. The molecular weight excluding hydrogens is 300 g/mol. The molecule has 0 aliphatic carbocycles. The number of nitrogens with zero attached hydrogens (tertiary/aromatic N) is 1. The molecule has 0 aromatic carbocycles. The summed E-state index contributed by atoms with van der Waals surface area (Å²) in [5, 5.41) is 4.70. The van der Waals surface area contributed by atoms with Crippen LogP contribution >= 0.6 is 11.3 Å². The highest BCUT2D eigenvalue weighted by molar-refractivity contribution is 7.89. The predicted octanol–water partition coefficient (Wildman–Crippen LogP) is 0.502. The van der Waals surface area contributed by atoms with E-state index >= 15 is 0 Å². The van der Waals surface area contributed by atoms with E-state index in [9.17, 15) is 8.42 Å². The van der Waals surface area contributed by atoms with Gasteiger partial charge in [0.1, 0.15) is 0 Å². The van der Waals surface area contributed by atoms with Gasteiger partial charge in [-0.15, -0.1) is 11.3 Å². The zero-order valence-corrected chi connectivity index (χ0v) is 13.5. The fourth-order valence-electron chi connectivity index (χ4n) is 2.27. The van der Waals surface area contributed by atoms with Crippen LogP contribution in [0.1, 0.15) is 4.88 Å². The normalized spacial score (nSPS) is 24.4. The first-order chi connectivity index (χ1) is 9.52. The summed E-state index contributed by atoms with van der Waals surface area (Å²) >= 11 is 1.44. The van der Waals surface area contributed by atoms with Crippen molar-refractivity contribution in [3.63, 3.8) is 0 Å². The maximum absolute atomic E-state index is 12.6. The zero-order valence-electron chi connectivity index (χ0n) is 11.8. The van der Waals surface area contributed by atoms with E-state index in [1.165, 1.54) is 15.6 Å². The van der Waals surface area contributed by atoms with Crippen LogP contribution in [0.3, 0.4) is 0 Å². The molecule has 2 heterocycles. The van der Waals surface area contributed by atoms with Crippen molar-refractivity contribution in [2.75, 3.05) is 34.4 Å². The van der Waals surface area contributed by atoms with Crippen molar-refractivity contribution in [1.82, 2.24) is 9.62 Å². The summed E-state index contributed by atoms with van der Waals surface area (Å²) in [5.74, 6) is 0. The molecule has 0 radical (unpaired) electrons. The van der Waals surface area contributed by atoms with Crippen LogP contribution in [-0.4, -0.2) is 59.3 Å². The Hall–Kier alpha value is -0.510. The molecule has 0 bridgehead atoms. The summed E-state index contributed by atoms with van der Waals surface area (Å²) in [6, 6.07) is 1.72. The summed E-state index contributed by atoms with van der Waals surface area (Å²) in [5.41, 5.74) is 0. The Balaban J connectivity index is 2.18. The molecule has 0 saturated carbocycles. The van der Waals surface area contributed by atoms with Gasteiger partial charge in [0, 0.05) is 44.1 Å². The second-order valence-corrected chi connectivity index (χ2v) is 7.58. The van der Waals surface area contributed by atoms with E-state index in [-0.39, 0.29) is 12.2 Å². The Morgan fingerprint density at radius 2 is 1.95 bits per heavy atom. The Morgan fingerprint density at radius 3 is 2.45 bits per heavy atom. The molecule has 2 rings (SSSR count). The number of methoxy groups -OCH3 is 2. The van der Waals surface area contributed by atoms with E-state index in [0.717, 1.165) is 4.88 Å². The van der Waals surface area contributed by atoms with Crippen LogP contribution in [0, 0.1) is 0 Å². The molecule has 0 amide bonds. The fourth-order valence-corrected chi connectivity index (χ4v) is 5.01. The number of sulfonamides is 1. The van der Waals surface area contributed by atoms with E-state index in [2.05, 4.69) is 5.32 Å². The topological polar surface area (TPSA) is 67.9 Å². The number of nitrogens with one attached hydrogen (secondary N) is 1. The third kappa shape index (κ3) is 3.05. The van der Waals surface area contributed by atoms with Gasteiger partial charge in [0.15, 0.2) is 0 Å². The molecule has 2 atom stereocenters. The molecular formula is C12H20N2O4S2. The number of hydrogen-bond acceptors (Lipinski definition) is 6. The highest BCUT2D eigenvalue weighted by atomic mass is 32.2. The number of hydrogen-bond donors (Lipinski definition) is 1. The van der Waals surface area contributed by atoms with Gasteiger partial charge in [-0.2, -0.15) is 4.31 Å². The molecule has 1 fully saturated rings. The van der Waals surface area contributed by atoms with Crippen molar-refractivity contribution in [2.45, 2.75) is 23.6 Å². The van der Waals surface area contributed by atoms with Gasteiger partial charge in [0.2, 0.25) is 10.0 Å². The minimum absolute atomic E-state index is 0.217. The lowest BCUT2D eigenvalue weighted by Crippen LogP contribution is -2.29. The molecule has 114 valence electrons. The van der Waals surface area contributed by atoms with Crippen LogP contribution in [0.15, 0.2) is 16.3 Å². The first-order valence-corrected chi connectivity index (χ1v) is 8.62. The Morgan fingerprint density at radius 1 is 1.35 bits per heavy atom. The van der Waals surface area contributed by atoms with Crippen LogP contribution < -0.4 is 5.32 Å². The molecule has 8 heteroatoms. The van der Waals surface area contributed by atoms with E-state index < -0.39 is 10.0 Å². The van der Waals surface area contributed by atoms with Gasteiger partial charge < -0.3 is 14.8 Å². The minimum Gasteiger partial charge on any atom is -0.377 e. The van der Waals surface area contributed by atoms with Crippen LogP contribution in [0.25, 0.3) is 0 Å². The van der Waals surface area contributed by atoms with Crippen molar-refractivity contribution in [1.29, 1.82) is 0 Å². The van der Waals surface area contributed by atoms with Crippen LogP contribution in [0.2, 0.25) is 0 Å². The second kappa shape index (κ2) is 6.50. The maximum Gasteiger partial charge on any atom is 0.244 e. The van der Waals surface area contributed by atoms with Crippen molar-refractivity contribution in [2.24, 2.45) is 0 Å². The summed E-state index contributed by atoms with van der Waals surface area (Å²) in [7, 11) is 1.51. The molecule has 20 heavy (non-hydrogen) atoms. The number of ether oxygens (including phenoxy) is 2. The molecule has 0 spiro atoms. The molecule has 1 saturated heterocycles. The Labute approximate surface area is 123 Å². The minimum atomic E-state index is -3.47. The SMILES string of the molecule is CNCc1cc(S(=O)(=O)N2CC(OC)C(OC)C2)cs1. The third-order valence-corrected chi connectivity index (χ3v) is 6.30. The molecule has 1 aliphatic rings. The quantitative estimate of drug-likeness (QED) is 0.827. The molecule has 1 N–H and O–H groups in total. The highest BCUT2D eigenvalue weighted by Crippen LogP contribution is 2.27. The molecule has 1 aromatic heterocycles. The van der Waals surface area contributed by atoms with Gasteiger partial charge in [-0.3, -0.25) is 0 Å². The highest BCUT2D eigenvalue weighted by Gasteiger charge is 2.40. The predicted molar refractivity (Wildman–Crippen MR) is 77.4 cm³/mol. The van der Waals surface area contributed by atoms with Gasteiger partial charge in [-0.25, -0.2) is 8.42 Å². The molecule has 1 aliphatic heterocycles. The zero-order chi connectivity index (χ0) is 14.8. The first-order valence-electron chi connectivity index (χ1n) is 6.30. The van der Waals surface area contributed by atoms with E-state index in [1.807, 2.05) is 7.05 Å². The van der Waals surface area contributed by atoms with Crippen molar-refractivity contribution in [3.8, 4) is 0 Å². The van der Waals surface area contributed by atoms with Crippen molar-refractivity contribution in [3.05, 3.63) is 16.3 Å². The molecule has 1 aromatic rings. The van der Waals surface area contributed by atoms with Gasteiger partial charge in [0.25, 0.3) is 0 Å². The van der Waals surface area contributed by atoms with Crippen LogP contribution in [0.4, 0.5) is 0 Å². The summed E-state index contributed by atoms with van der Waals surface area (Å²) < 4.78 is 37.1. The fraction of sp³-hybridized carbons (Fsp3) is 0.667. The summed E-state index contributed by atoms with van der Waals surface area (Å²) in [6.07, 6.45) is -0.435. The second-order valence-electron chi connectivity index (χ2n) is 4.65. The van der Waals surface area contributed by atoms with Gasteiger partial charge >= 0.3 is 0 Å². The lowest BCUT2D eigenvalue weighted by atomic mass is 10.3. The van der Waals surface area contributed by atoms with Crippen LogP contribution in [0.5, 0.6) is 0 Å². The third-order valence-electron chi connectivity index (χ3n) is 3.41. The Bertz CT molecular complexity index is 531. The van der Waals surface area contributed by atoms with Crippen molar-refractivity contribution >= 4 is 21.4 Å². The average Bonchev–Trinajstić information content (AvgIpc) is 3.05. The standard InChI is InChI=1S/C12H20N2O4S2/c1-13-5-9-4-10(8-19-9)20(15,16)14-6-11(17-2)12(7-14)18-3/h4,8,11-13H,5-7H2,1-3H3. The van der Waals surface area contributed by atoms with Gasteiger partial charge in [0.05, 0.1) is 17.1 Å². The monoisotopic (exact) mass is 320 g/mol. The first kappa shape index (κ1) is 15.9. The van der Waals surface area contributed by atoms with Crippen molar-refractivity contribution < 1.29 is 17.9 Å². The molecule has 2 unspecified atom stereocenters. The van der Waals surface area contributed by atoms with E-state index in [0.29, 0.717) is 24.5 Å². The summed E-state index contributed by atoms with van der Waals surface area (Å²) in [6.45, 7) is 1.32. The largest absolute Gasteiger partial charge is 0.377 e. The smallest absolute Gasteiger partial charge is 0.244 e. The lowest BCUT2D eigenvalue weighted by molar-refractivity contribution is -0.00461. The van der Waals surface area contributed by atoms with Gasteiger partial charge in [-0.05, 0) is 13.1 Å². The van der Waals surface area contributed by atoms with E-state index in [4.69, 9.17) is 9.47 Å². The van der Waals surface area contributed by atoms with Gasteiger partial charge in [-0.1, -0.05) is 0 Å². The van der Waals surface area contributed by atoms with E-state index in [1.54, 1.807) is 25.7 Å². The summed E-state index contributed by atoms with van der Waals surface area (Å²) in [4.78, 5) is 1.34. The number of rotatable bonds is 6. The maximum atomic E-state index is 12.6. The molecule has 6 nitrogen and oxygen atoms in total. The van der Waals surface area contributed by atoms with Crippen LogP contribution in [-0.2, 0) is 26.0 Å².